The van der Waals surface area contributed by atoms with Gasteiger partial charge >= 0.3 is 5.97 Å². The maximum Gasteiger partial charge on any atom is 0.306 e. The molecule has 1 aromatic rings. The predicted molar refractivity (Wildman–Crippen MR) is 90.2 cm³/mol. The Hall–Kier alpha value is -1.49. The molecule has 2 aliphatic heterocycles. The lowest BCUT2D eigenvalue weighted by Gasteiger charge is -2.29. The minimum absolute atomic E-state index is 0.128. The molecule has 138 valence electrons. The first-order chi connectivity index (χ1) is 11.9. The number of rotatable bonds is 4. The predicted octanol–water partition coefficient (Wildman–Crippen LogP) is 0.706. The molecule has 0 radical (unpaired) electrons. The van der Waals surface area contributed by atoms with Crippen molar-refractivity contribution >= 4 is 33.2 Å². The largest absolute Gasteiger partial charge is 0.481 e. The van der Waals surface area contributed by atoms with E-state index in [1.54, 1.807) is 4.90 Å². The van der Waals surface area contributed by atoms with Gasteiger partial charge in [-0.2, -0.15) is 4.31 Å². The number of thiophene rings is 1. The molecule has 0 aliphatic carbocycles. The summed E-state index contributed by atoms with van der Waals surface area (Å²) in [6, 6.07) is 1.42. The van der Waals surface area contributed by atoms with E-state index in [0.717, 1.165) is 11.3 Å². The summed E-state index contributed by atoms with van der Waals surface area (Å²) in [7, 11) is -3.61. The molecule has 0 atom stereocenters. The average Bonchev–Trinajstić information content (AvgIpc) is 3.13. The molecule has 2 saturated heterocycles. The SMILES string of the molecule is O=C(O)C1CCN(C(=O)c2cc(S(=O)(=O)N3CCOCC3)cs2)CC1. The molecule has 8 nitrogen and oxygen atoms in total. The van der Waals surface area contributed by atoms with Crippen molar-refractivity contribution in [2.75, 3.05) is 39.4 Å². The normalized spacial score (nSPS) is 20.6. The van der Waals surface area contributed by atoms with Crippen LogP contribution < -0.4 is 0 Å². The molecule has 0 spiro atoms. The fraction of sp³-hybridized carbons (Fsp3) is 0.600. The number of likely N-dealkylation sites (tertiary alicyclic amines) is 1. The van der Waals surface area contributed by atoms with Crippen LogP contribution in [-0.4, -0.2) is 74.0 Å². The number of aliphatic carboxylic acids is 1. The zero-order valence-electron chi connectivity index (χ0n) is 13.6. The van der Waals surface area contributed by atoms with E-state index in [2.05, 4.69) is 0 Å². The van der Waals surface area contributed by atoms with E-state index in [0.29, 0.717) is 57.1 Å². The smallest absolute Gasteiger partial charge is 0.306 e. The van der Waals surface area contributed by atoms with Gasteiger partial charge in [0.05, 0.1) is 28.9 Å². The quantitative estimate of drug-likeness (QED) is 0.814. The standard InChI is InChI=1S/C15H20N2O6S2/c18-14(16-3-1-11(2-4-16)15(19)20)13-9-12(10-24-13)25(21,22)17-5-7-23-8-6-17/h9-11H,1-8H2,(H,19,20). The molecule has 25 heavy (non-hydrogen) atoms. The molecule has 0 unspecified atom stereocenters. The van der Waals surface area contributed by atoms with Crippen molar-refractivity contribution in [2.24, 2.45) is 5.92 Å². The molecule has 2 fully saturated rings. The van der Waals surface area contributed by atoms with Gasteiger partial charge in [-0.15, -0.1) is 11.3 Å². The average molecular weight is 388 g/mol. The number of carbonyl (C=O) groups excluding carboxylic acids is 1. The Morgan fingerprint density at radius 2 is 1.80 bits per heavy atom. The van der Waals surface area contributed by atoms with Gasteiger partial charge in [0.15, 0.2) is 0 Å². The second kappa shape index (κ2) is 7.40. The van der Waals surface area contributed by atoms with Gasteiger partial charge in [-0.1, -0.05) is 0 Å². The Morgan fingerprint density at radius 3 is 2.40 bits per heavy atom. The molecule has 0 bridgehead atoms. The van der Waals surface area contributed by atoms with E-state index >= 15 is 0 Å². The van der Waals surface area contributed by atoms with Gasteiger partial charge in [-0.3, -0.25) is 9.59 Å². The number of carboxylic acid groups (broad SMARTS) is 1. The van der Waals surface area contributed by atoms with Gasteiger partial charge < -0.3 is 14.7 Å². The molecule has 3 rings (SSSR count). The van der Waals surface area contributed by atoms with Crippen LogP contribution in [0.3, 0.4) is 0 Å². The Bertz CT molecular complexity index is 746. The third-order valence-corrected chi connectivity index (χ3v) is 7.47. The topological polar surface area (TPSA) is 104 Å². The van der Waals surface area contributed by atoms with Crippen LogP contribution in [0.1, 0.15) is 22.5 Å². The second-order valence-corrected chi connectivity index (χ2v) is 8.92. The first-order valence-electron chi connectivity index (χ1n) is 8.08. The molecule has 1 N–H and O–H groups in total. The van der Waals surface area contributed by atoms with Crippen LogP contribution >= 0.6 is 11.3 Å². The van der Waals surface area contributed by atoms with Crippen LogP contribution in [0.5, 0.6) is 0 Å². The lowest BCUT2D eigenvalue weighted by atomic mass is 9.97. The van der Waals surface area contributed by atoms with Gasteiger partial charge in [0, 0.05) is 31.6 Å². The summed E-state index contributed by atoms with van der Waals surface area (Å²) < 4.78 is 31.7. The van der Waals surface area contributed by atoms with Crippen molar-refractivity contribution in [1.82, 2.24) is 9.21 Å². The Kier molecular flexibility index (Phi) is 5.42. The number of ether oxygens (including phenoxy) is 1. The van der Waals surface area contributed by atoms with E-state index in [9.17, 15) is 18.0 Å². The maximum absolute atomic E-state index is 12.6. The number of nitrogens with zero attached hydrogens (tertiary/aromatic N) is 2. The highest BCUT2D eigenvalue weighted by Crippen LogP contribution is 2.26. The molecule has 1 amide bonds. The maximum atomic E-state index is 12.6. The summed E-state index contributed by atoms with van der Waals surface area (Å²) in [5.74, 6) is -1.48. The van der Waals surface area contributed by atoms with Crippen molar-refractivity contribution < 1.29 is 27.9 Å². The molecule has 0 aromatic carbocycles. The second-order valence-electron chi connectivity index (χ2n) is 6.07. The highest BCUT2D eigenvalue weighted by atomic mass is 32.2. The number of piperidine rings is 1. The van der Waals surface area contributed by atoms with E-state index in [4.69, 9.17) is 9.84 Å². The number of hydrogen-bond acceptors (Lipinski definition) is 6. The lowest BCUT2D eigenvalue weighted by Crippen LogP contribution is -2.40. The zero-order chi connectivity index (χ0) is 18.0. The Morgan fingerprint density at radius 1 is 1.16 bits per heavy atom. The number of morpholine rings is 1. The molecule has 1 aromatic heterocycles. The van der Waals surface area contributed by atoms with Gasteiger partial charge in [-0.25, -0.2) is 8.42 Å². The number of carbonyl (C=O) groups is 2. The fourth-order valence-electron chi connectivity index (χ4n) is 2.99. The van der Waals surface area contributed by atoms with Gasteiger partial charge in [0.2, 0.25) is 10.0 Å². The van der Waals surface area contributed by atoms with E-state index in [1.165, 1.54) is 15.8 Å². The van der Waals surface area contributed by atoms with Gasteiger partial charge in [0.1, 0.15) is 0 Å². The van der Waals surface area contributed by atoms with Crippen LogP contribution in [0.4, 0.5) is 0 Å². The van der Waals surface area contributed by atoms with Crippen LogP contribution in [0.25, 0.3) is 0 Å². The van der Waals surface area contributed by atoms with Crippen molar-refractivity contribution in [3.05, 3.63) is 16.3 Å². The van der Waals surface area contributed by atoms with E-state index < -0.39 is 21.9 Å². The molecule has 3 heterocycles. The molecule has 0 saturated carbocycles. The van der Waals surface area contributed by atoms with Crippen LogP contribution in [0.2, 0.25) is 0 Å². The summed E-state index contributed by atoms with van der Waals surface area (Å²) in [4.78, 5) is 25.6. The third-order valence-electron chi connectivity index (χ3n) is 4.53. The van der Waals surface area contributed by atoms with Gasteiger partial charge in [-0.05, 0) is 18.9 Å². The van der Waals surface area contributed by atoms with E-state index in [-0.39, 0.29) is 10.8 Å². The minimum atomic E-state index is -3.61. The fourth-order valence-corrected chi connectivity index (χ4v) is 5.62. The van der Waals surface area contributed by atoms with E-state index in [1.807, 2.05) is 0 Å². The lowest BCUT2D eigenvalue weighted by molar-refractivity contribution is -0.143. The third kappa shape index (κ3) is 3.86. The van der Waals surface area contributed by atoms with Crippen molar-refractivity contribution in [3.8, 4) is 0 Å². The molecular weight excluding hydrogens is 368 g/mol. The van der Waals surface area contributed by atoms with Crippen molar-refractivity contribution in [1.29, 1.82) is 0 Å². The first kappa shape index (κ1) is 18.3. The zero-order valence-corrected chi connectivity index (χ0v) is 15.2. The Balaban J connectivity index is 1.69. The number of sulfonamides is 1. The van der Waals surface area contributed by atoms with Crippen LogP contribution in [0.15, 0.2) is 16.3 Å². The Labute approximate surface area is 150 Å². The monoisotopic (exact) mass is 388 g/mol. The first-order valence-corrected chi connectivity index (χ1v) is 10.4. The van der Waals surface area contributed by atoms with Gasteiger partial charge in [0.25, 0.3) is 5.91 Å². The van der Waals surface area contributed by atoms with Crippen LogP contribution in [-0.2, 0) is 19.6 Å². The molecule has 2 aliphatic rings. The van der Waals surface area contributed by atoms with Crippen LogP contribution in [0, 0.1) is 5.92 Å². The molecular formula is C15H20N2O6S2. The number of amides is 1. The summed E-state index contributed by atoms with van der Waals surface area (Å²) in [5.41, 5.74) is 0. The van der Waals surface area contributed by atoms with Crippen molar-refractivity contribution in [2.45, 2.75) is 17.7 Å². The van der Waals surface area contributed by atoms with Crippen molar-refractivity contribution in [3.63, 3.8) is 0 Å². The number of carboxylic acids is 1. The minimum Gasteiger partial charge on any atom is -0.481 e. The number of hydrogen-bond donors (Lipinski definition) is 1. The summed E-state index contributed by atoms with van der Waals surface area (Å²) in [6.45, 7) is 2.11. The summed E-state index contributed by atoms with van der Waals surface area (Å²) >= 11 is 1.10. The summed E-state index contributed by atoms with van der Waals surface area (Å²) in [6.07, 6.45) is 0.844. The molecule has 10 heteroatoms. The summed E-state index contributed by atoms with van der Waals surface area (Å²) in [5, 5.41) is 10.5. The highest BCUT2D eigenvalue weighted by Gasteiger charge is 2.31. The highest BCUT2D eigenvalue weighted by molar-refractivity contribution is 7.89.